The molecule has 0 amide bonds. The standard InChI is InChI=1S/C26H35N3O/c1-21-19-28(3)22(2)18-26(21,24-8-6-5-7-9-24)14-16-29(17-15-27)20-23-10-12-25(30-4)13-11-23/h5-13,21-22H,14,16-20H2,1-4H3/p+2/t21-,22+,26-/m1/s1. The number of hydrogen-bond donors (Lipinski definition) is 2. The molecule has 160 valence electrons. The van der Waals surface area contributed by atoms with Crippen LogP contribution in [0.1, 0.15) is 37.8 Å². The molecule has 0 radical (unpaired) electrons. The molecule has 2 N–H and O–H groups in total. The minimum atomic E-state index is 0.181. The van der Waals surface area contributed by atoms with Crippen molar-refractivity contribution in [1.29, 1.82) is 5.26 Å². The summed E-state index contributed by atoms with van der Waals surface area (Å²) < 4.78 is 5.28. The third kappa shape index (κ3) is 5.03. The molecule has 1 aliphatic heterocycles. The largest absolute Gasteiger partial charge is 0.497 e. The molecule has 4 nitrogen and oxygen atoms in total. The summed E-state index contributed by atoms with van der Waals surface area (Å²) in [6.45, 7) is 8.42. The van der Waals surface area contributed by atoms with Crippen molar-refractivity contribution in [3.8, 4) is 11.8 Å². The minimum Gasteiger partial charge on any atom is -0.497 e. The van der Waals surface area contributed by atoms with E-state index in [4.69, 9.17) is 4.74 Å². The molecular weight excluding hydrogens is 370 g/mol. The molecule has 1 fully saturated rings. The van der Waals surface area contributed by atoms with Gasteiger partial charge in [0, 0.05) is 29.7 Å². The quantitative estimate of drug-likeness (QED) is 0.656. The van der Waals surface area contributed by atoms with Crippen LogP contribution in [0.3, 0.4) is 0 Å². The van der Waals surface area contributed by atoms with Gasteiger partial charge in [-0.05, 0) is 36.8 Å². The summed E-state index contributed by atoms with van der Waals surface area (Å²) >= 11 is 0. The van der Waals surface area contributed by atoms with Crippen molar-refractivity contribution in [2.75, 3.05) is 33.8 Å². The second-order valence-corrected chi connectivity index (χ2v) is 9.19. The number of quaternary nitrogens is 2. The third-order valence-corrected chi connectivity index (χ3v) is 7.30. The highest BCUT2D eigenvalue weighted by Crippen LogP contribution is 2.40. The Morgan fingerprint density at radius 3 is 2.47 bits per heavy atom. The molecule has 2 aromatic rings. The zero-order valence-electron chi connectivity index (χ0n) is 18.9. The Bertz CT molecular complexity index is 830. The smallest absolute Gasteiger partial charge is 0.165 e. The van der Waals surface area contributed by atoms with E-state index in [-0.39, 0.29) is 5.41 Å². The lowest BCUT2D eigenvalue weighted by atomic mass is 9.63. The van der Waals surface area contributed by atoms with Crippen molar-refractivity contribution in [2.24, 2.45) is 5.92 Å². The number of benzene rings is 2. The van der Waals surface area contributed by atoms with Crippen molar-refractivity contribution < 1.29 is 14.5 Å². The highest BCUT2D eigenvalue weighted by Gasteiger charge is 2.46. The van der Waals surface area contributed by atoms with E-state index >= 15 is 0 Å². The maximum absolute atomic E-state index is 9.45. The van der Waals surface area contributed by atoms with Gasteiger partial charge < -0.3 is 14.5 Å². The number of likely N-dealkylation sites (tertiary alicyclic amines) is 1. The molecule has 5 atom stereocenters. The van der Waals surface area contributed by atoms with Gasteiger partial charge in [0.25, 0.3) is 0 Å². The highest BCUT2D eigenvalue weighted by atomic mass is 16.5. The van der Waals surface area contributed by atoms with E-state index in [0.29, 0.717) is 18.5 Å². The minimum absolute atomic E-state index is 0.181. The van der Waals surface area contributed by atoms with Crippen LogP contribution in [-0.4, -0.2) is 39.8 Å². The lowest BCUT2D eigenvalue weighted by molar-refractivity contribution is -0.918. The molecule has 0 aliphatic carbocycles. The summed E-state index contributed by atoms with van der Waals surface area (Å²) in [6.07, 6.45) is 2.31. The van der Waals surface area contributed by atoms with E-state index in [1.165, 1.54) is 29.0 Å². The van der Waals surface area contributed by atoms with Crippen LogP contribution in [0.15, 0.2) is 54.6 Å². The first kappa shape index (κ1) is 22.3. The number of nitrogens with one attached hydrogen (secondary N) is 2. The Morgan fingerprint density at radius 2 is 1.83 bits per heavy atom. The molecule has 1 aliphatic rings. The summed E-state index contributed by atoms with van der Waals surface area (Å²) in [5.74, 6) is 1.49. The first-order valence-electron chi connectivity index (χ1n) is 11.2. The van der Waals surface area contributed by atoms with E-state index < -0.39 is 0 Å². The fraction of sp³-hybridized carbons (Fsp3) is 0.500. The molecule has 2 aromatic carbocycles. The predicted octanol–water partition coefficient (Wildman–Crippen LogP) is 1.87. The summed E-state index contributed by atoms with van der Waals surface area (Å²) in [5.41, 5.74) is 2.91. The molecule has 2 unspecified atom stereocenters. The van der Waals surface area contributed by atoms with Crippen molar-refractivity contribution in [3.05, 3.63) is 65.7 Å². The summed E-state index contributed by atoms with van der Waals surface area (Å²) in [6, 6.07) is 22.4. The molecule has 30 heavy (non-hydrogen) atoms. The van der Waals surface area contributed by atoms with Gasteiger partial charge in [-0.1, -0.05) is 37.3 Å². The maximum atomic E-state index is 9.45. The molecular formula is C26H37N3O+2. The van der Waals surface area contributed by atoms with Crippen molar-refractivity contribution >= 4 is 0 Å². The first-order chi connectivity index (χ1) is 14.5. The number of ether oxygens (including phenoxy) is 1. The van der Waals surface area contributed by atoms with Crippen LogP contribution >= 0.6 is 0 Å². The summed E-state index contributed by atoms with van der Waals surface area (Å²) in [5, 5.41) is 9.45. The Hall–Kier alpha value is -2.35. The van der Waals surface area contributed by atoms with Crippen LogP contribution < -0.4 is 14.5 Å². The normalized spacial score (nSPS) is 27.2. The Labute approximate surface area is 182 Å². The Kier molecular flexibility index (Phi) is 7.53. The number of rotatable bonds is 8. The fourth-order valence-electron chi connectivity index (χ4n) is 5.25. The van der Waals surface area contributed by atoms with Crippen LogP contribution in [0.5, 0.6) is 5.75 Å². The molecule has 1 heterocycles. The van der Waals surface area contributed by atoms with Gasteiger partial charge in [-0.3, -0.25) is 0 Å². The van der Waals surface area contributed by atoms with Crippen LogP contribution in [0.2, 0.25) is 0 Å². The fourth-order valence-corrected chi connectivity index (χ4v) is 5.25. The molecule has 0 spiro atoms. The summed E-state index contributed by atoms with van der Waals surface area (Å²) in [7, 11) is 4.02. The topological polar surface area (TPSA) is 41.9 Å². The van der Waals surface area contributed by atoms with E-state index in [1.807, 2.05) is 12.1 Å². The number of piperidine rings is 1. The van der Waals surface area contributed by atoms with E-state index in [0.717, 1.165) is 25.3 Å². The van der Waals surface area contributed by atoms with Gasteiger partial charge in [-0.15, -0.1) is 0 Å². The van der Waals surface area contributed by atoms with E-state index in [9.17, 15) is 5.26 Å². The van der Waals surface area contributed by atoms with Gasteiger partial charge in [0.1, 0.15) is 18.4 Å². The zero-order valence-corrected chi connectivity index (χ0v) is 18.9. The SMILES string of the molecule is COc1ccc(C[NH+](CC#N)CC[C@@]2(c3ccccc3)C[C@H](C)[NH+](C)C[C@H]2C)cc1. The Morgan fingerprint density at radius 1 is 1.13 bits per heavy atom. The van der Waals surface area contributed by atoms with E-state index in [2.05, 4.69) is 69.4 Å². The molecule has 0 bridgehead atoms. The maximum Gasteiger partial charge on any atom is 0.165 e. The Balaban J connectivity index is 1.79. The second-order valence-electron chi connectivity index (χ2n) is 9.19. The van der Waals surface area contributed by atoms with Crippen LogP contribution in [0, 0.1) is 17.2 Å². The van der Waals surface area contributed by atoms with Crippen LogP contribution in [0.4, 0.5) is 0 Å². The average Bonchev–Trinajstić information content (AvgIpc) is 2.76. The summed E-state index contributed by atoms with van der Waals surface area (Å²) in [4.78, 5) is 2.97. The number of nitrogens with zero attached hydrogens (tertiary/aromatic N) is 1. The van der Waals surface area contributed by atoms with E-state index in [1.54, 1.807) is 12.0 Å². The highest BCUT2D eigenvalue weighted by molar-refractivity contribution is 5.28. The molecule has 0 saturated carbocycles. The van der Waals surface area contributed by atoms with Crippen molar-refractivity contribution in [3.63, 3.8) is 0 Å². The average molecular weight is 408 g/mol. The van der Waals surface area contributed by atoms with Gasteiger partial charge >= 0.3 is 0 Å². The third-order valence-electron chi connectivity index (χ3n) is 7.30. The monoisotopic (exact) mass is 407 g/mol. The number of methoxy groups -OCH3 is 1. The molecule has 1 saturated heterocycles. The number of nitriles is 1. The second kappa shape index (κ2) is 10.1. The lowest BCUT2D eigenvalue weighted by Crippen LogP contribution is -3.15. The lowest BCUT2D eigenvalue weighted by Gasteiger charge is -2.47. The van der Waals surface area contributed by atoms with Gasteiger partial charge in [-0.25, -0.2) is 0 Å². The number of hydrogen-bond acceptors (Lipinski definition) is 2. The molecule has 4 heteroatoms. The van der Waals surface area contributed by atoms with Gasteiger partial charge in [0.15, 0.2) is 6.54 Å². The van der Waals surface area contributed by atoms with Crippen LogP contribution in [0.25, 0.3) is 0 Å². The van der Waals surface area contributed by atoms with Crippen molar-refractivity contribution in [1.82, 2.24) is 0 Å². The molecule has 3 rings (SSSR count). The molecule has 0 aromatic heterocycles. The van der Waals surface area contributed by atoms with Gasteiger partial charge in [-0.2, -0.15) is 5.26 Å². The van der Waals surface area contributed by atoms with Gasteiger partial charge in [0.05, 0.1) is 33.3 Å². The predicted molar refractivity (Wildman–Crippen MR) is 121 cm³/mol. The van der Waals surface area contributed by atoms with Gasteiger partial charge in [0.2, 0.25) is 0 Å². The van der Waals surface area contributed by atoms with Crippen LogP contribution in [-0.2, 0) is 12.0 Å². The first-order valence-corrected chi connectivity index (χ1v) is 11.2. The zero-order chi connectivity index (χ0) is 21.6. The van der Waals surface area contributed by atoms with Crippen molar-refractivity contribution in [2.45, 2.75) is 44.7 Å².